The number of nitrogens with zero attached hydrogens (tertiary/aromatic N) is 4. The molecular weight excluding hydrogens is 480 g/mol. The maximum absolute atomic E-state index is 13.7. The smallest absolute Gasteiger partial charge is 0.291 e. The highest BCUT2D eigenvalue weighted by Gasteiger charge is 2.34. The summed E-state index contributed by atoms with van der Waals surface area (Å²) < 4.78 is 1.69. The van der Waals surface area contributed by atoms with Crippen LogP contribution >= 0.6 is 11.3 Å². The van der Waals surface area contributed by atoms with E-state index in [-0.39, 0.29) is 11.5 Å². The summed E-state index contributed by atoms with van der Waals surface area (Å²) in [5, 5.41) is 6.67. The average Bonchev–Trinajstić information content (AvgIpc) is 3.56. The van der Waals surface area contributed by atoms with Crippen LogP contribution in [-0.4, -0.2) is 20.5 Å². The summed E-state index contributed by atoms with van der Waals surface area (Å²) in [6.07, 6.45) is 0. The molecule has 0 N–H and O–H groups in total. The van der Waals surface area contributed by atoms with Gasteiger partial charge < -0.3 is 4.90 Å². The quantitative estimate of drug-likeness (QED) is 0.352. The highest BCUT2D eigenvalue weighted by Crippen LogP contribution is 2.36. The van der Waals surface area contributed by atoms with Gasteiger partial charge in [0.25, 0.3) is 11.5 Å². The molecule has 6 aromatic rings. The van der Waals surface area contributed by atoms with Gasteiger partial charge in [0, 0.05) is 11.1 Å². The molecule has 3 heterocycles. The Morgan fingerprint density at radius 3 is 2.38 bits per heavy atom. The topological polar surface area (TPSA) is 67.6 Å². The maximum Gasteiger partial charge on any atom is 0.291 e. The molecule has 0 saturated heterocycles. The predicted molar refractivity (Wildman–Crippen MR) is 147 cm³/mol. The number of benzene rings is 4. The molecule has 1 amide bonds. The van der Waals surface area contributed by atoms with Gasteiger partial charge in [-0.25, -0.2) is 0 Å². The molecule has 7 rings (SSSR count). The summed E-state index contributed by atoms with van der Waals surface area (Å²) in [5.74, 6) is 0.313. The first-order valence-electron chi connectivity index (χ1n) is 12.0. The van der Waals surface area contributed by atoms with E-state index >= 15 is 0 Å². The molecule has 0 saturated carbocycles. The molecular formula is C30H20N4O2S. The number of hydrogen-bond donors (Lipinski definition) is 0. The minimum absolute atomic E-state index is 0.183. The van der Waals surface area contributed by atoms with Crippen LogP contribution in [0.3, 0.4) is 0 Å². The number of thiazole rings is 1. The van der Waals surface area contributed by atoms with Gasteiger partial charge in [-0.05, 0) is 29.3 Å². The lowest BCUT2D eigenvalue weighted by Crippen LogP contribution is -2.32. The monoisotopic (exact) mass is 500 g/mol. The van der Waals surface area contributed by atoms with E-state index in [1.807, 2.05) is 97.9 Å². The second-order valence-corrected chi connectivity index (χ2v) is 10.1. The SMILES string of the molecule is Cc1ccc(CN2C(=O)/C(=c3\sc4nc(-c5cccc6ccccc56)nn4c3=O)c3ccccc32)cc1. The van der Waals surface area contributed by atoms with Crippen LogP contribution in [0.2, 0.25) is 0 Å². The van der Waals surface area contributed by atoms with Crippen molar-refractivity contribution in [3.8, 4) is 11.4 Å². The molecule has 178 valence electrons. The number of aryl methyl sites for hydroxylation is 1. The van der Waals surface area contributed by atoms with Gasteiger partial charge in [-0.1, -0.05) is 102 Å². The van der Waals surface area contributed by atoms with Crippen LogP contribution in [0.25, 0.3) is 32.7 Å². The van der Waals surface area contributed by atoms with Gasteiger partial charge in [0.05, 0.1) is 17.8 Å². The fourth-order valence-corrected chi connectivity index (χ4v) is 5.95. The van der Waals surface area contributed by atoms with Crippen molar-refractivity contribution in [2.45, 2.75) is 13.5 Å². The number of amides is 1. The second-order valence-electron chi connectivity index (χ2n) is 9.16. The Kier molecular flexibility index (Phi) is 4.81. The third kappa shape index (κ3) is 3.39. The van der Waals surface area contributed by atoms with Gasteiger partial charge in [-0.3, -0.25) is 9.59 Å². The van der Waals surface area contributed by atoms with Gasteiger partial charge in [0.2, 0.25) is 4.96 Å². The van der Waals surface area contributed by atoms with Crippen molar-refractivity contribution in [2.24, 2.45) is 0 Å². The molecule has 0 radical (unpaired) electrons. The van der Waals surface area contributed by atoms with Crippen LogP contribution in [0.15, 0.2) is 95.8 Å². The zero-order chi connectivity index (χ0) is 25.1. The number of anilines is 1. The Balaban J connectivity index is 1.37. The summed E-state index contributed by atoms with van der Waals surface area (Å²) in [5.41, 5.74) is 4.71. The Labute approximate surface area is 215 Å². The lowest BCUT2D eigenvalue weighted by Gasteiger charge is -2.17. The fourth-order valence-electron chi connectivity index (χ4n) is 4.95. The average molecular weight is 501 g/mol. The van der Waals surface area contributed by atoms with Crippen molar-refractivity contribution in [1.82, 2.24) is 14.6 Å². The van der Waals surface area contributed by atoms with E-state index in [0.29, 0.717) is 27.4 Å². The van der Waals surface area contributed by atoms with Crippen LogP contribution in [0, 0.1) is 6.92 Å². The van der Waals surface area contributed by atoms with Crippen molar-refractivity contribution >= 4 is 44.2 Å². The van der Waals surface area contributed by atoms with E-state index in [4.69, 9.17) is 4.98 Å². The first kappa shape index (κ1) is 21.6. The lowest BCUT2D eigenvalue weighted by atomic mass is 10.0. The van der Waals surface area contributed by atoms with Gasteiger partial charge in [0.1, 0.15) is 4.53 Å². The molecule has 1 aliphatic heterocycles. The lowest BCUT2D eigenvalue weighted by molar-refractivity contribution is -0.113. The van der Waals surface area contributed by atoms with E-state index in [9.17, 15) is 9.59 Å². The molecule has 7 heteroatoms. The number of rotatable bonds is 3. The van der Waals surface area contributed by atoms with Crippen molar-refractivity contribution in [2.75, 3.05) is 4.90 Å². The van der Waals surface area contributed by atoms with Crippen LogP contribution in [0.4, 0.5) is 5.69 Å². The second kappa shape index (κ2) is 8.21. The summed E-state index contributed by atoms with van der Waals surface area (Å²) in [4.78, 5) is 34.2. The fraction of sp³-hybridized carbons (Fsp3) is 0.0667. The zero-order valence-electron chi connectivity index (χ0n) is 19.9. The third-order valence-electron chi connectivity index (χ3n) is 6.80. The minimum Gasteiger partial charge on any atom is -0.303 e. The van der Waals surface area contributed by atoms with E-state index in [2.05, 4.69) is 5.10 Å². The van der Waals surface area contributed by atoms with Crippen LogP contribution in [-0.2, 0) is 11.3 Å². The molecule has 2 aromatic heterocycles. The summed E-state index contributed by atoms with van der Waals surface area (Å²) in [6, 6.07) is 29.7. The predicted octanol–water partition coefficient (Wildman–Crippen LogP) is 4.74. The van der Waals surface area contributed by atoms with Crippen LogP contribution < -0.4 is 15.0 Å². The first-order chi connectivity index (χ1) is 18.1. The molecule has 0 fully saturated rings. The molecule has 4 aromatic carbocycles. The van der Waals surface area contributed by atoms with Crippen molar-refractivity contribution in [1.29, 1.82) is 0 Å². The van der Waals surface area contributed by atoms with Gasteiger partial charge in [-0.2, -0.15) is 9.50 Å². The molecule has 0 unspecified atom stereocenters. The Bertz CT molecular complexity index is 1970. The molecule has 1 aliphatic rings. The molecule has 6 nitrogen and oxygen atoms in total. The number of para-hydroxylation sites is 1. The van der Waals surface area contributed by atoms with Gasteiger partial charge in [-0.15, -0.1) is 5.10 Å². The molecule has 37 heavy (non-hydrogen) atoms. The van der Waals surface area contributed by atoms with E-state index < -0.39 is 0 Å². The first-order valence-corrected chi connectivity index (χ1v) is 12.8. The Hall–Kier alpha value is -4.62. The number of hydrogen-bond acceptors (Lipinski definition) is 5. The minimum atomic E-state index is -0.325. The van der Waals surface area contributed by atoms with Crippen LogP contribution in [0.5, 0.6) is 0 Å². The zero-order valence-corrected chi connectivity index (χ0v) is 20.7. The van der Waals surface area contributed by atoms with Gasteiger partial charge >= 0.3 is 0 Å². The normalized spacial score (nSPS) is 14.6. The summed E-state index contributed by atoms with van der Waals surface area (Å²) in [7, 11) is 0. The van der Waals surface area contributed by atoms with Crippen molar-refractivity contribution < 1.29 is 4.79 Å². The Morgan fingerprint density at radius 1 is 0.811 bits per heavy atom. The standard InChI is InChI=1S/C30H20N4O2S/c1-18-13-15-19(16-14-18)17-33-24-12-5-4-10-23(24)25(28(33)35)26-29(36)34-30(37-26)31-27(32-34)22-11-6-8-20-7-2-3-9-21(20)22/h2-16H,17H2,1H3/b26-25-. The summed E-state index contributed by atoms with van der Waals surface area (Å²) >= 11 is 1.21. The molecule has 0 bridgehead atoms. The maximum atomic E-state index is 13.7. The third-order valence-corrected chi connectivity index (χ3v) is 7.83. The number of aromatic nitrogens is 3. The van der Waals surface area contributed by atoms with Gasteiger partial charge in [0.15, 0.2) is 5.82 Å². The highest BCUT2D eigenvalue weighted by molar-refractivity contribution is 7.15. The molecule has 0 aliphatic carbocycles. The number of fused-ring (bicyclic) bond motifs is 3. The van der Waals surface area contributed by atoms with Crippen molar-refractivity contribution in [3.63, 3.8) is 0 Å². The van der Waals surface area contributed by atoms with E-state index in [1.54, 1.807) is 4.90 Å². The van der Waals surface area contributed by atoms with E-state index in [1.165, 1.54) is 15.9 Å². The van der Waals surface area contributed by atoms with E-state index in [0.717, 1.165) is 38.7 Å². The summed E-state index contributed by atoms with van der Waals surface area (Å²) in [6.45, 7) is 2.47. The van der Waals surface area contributed by atoms with Crippen molar-refractivity contribution in [3.05, 3.63) is 123 Å². The molecule has 0 spiro atoms. The Morgan fingerprint density at radius 2 is 1.54 bits per heavy atom. The number of carbonyl (C=O) groups excluding carboxylic acids is 1. The number of carbonyl (C=O) groups is 1. The van der Waals surface area contributed by atoms with Crippen LogP contribution in [0.1, 0.15) is 16.7 Å². The molecule has 0 atom stereocenters. The largest absolute Gasteiger partial charge is 0.303 e. The highest BCUT2D eigenvalue weighted by atomic mass is 32.1.